The first-order chi connectivity index (χ1) is 9.06. The summed E-state index contributed by atoms with van der Waals surface area (Å²) in [7, 11) is 1.82. The molecule has 2 atom stereocenters. The second-order valence-electron chi connectivity index (χ2n) is 5.27. The Kier molecular flexibility index (Phi) is 4.10. The van der Waals surface area contributed by atoms with Gasteiger partial charge < -0.3 is 14.9 Å². The molecule has 1 aromatic carbocycles. The second-order valence-corrected chi connectivity index (χ2v) is 5.27. The second kappa shape index (κ2) is 5.61. The summed E-state index contributed by atoms with van der Waals surface area (Å²) in [6.45, 7) is 4.72. The van der Waals surface area contributed by atoms with E-state index in [2.05, 4.69) is 0 Å². The smallest absolute Gasteiger partial charge is 0.247 e. The average molecular weight is 262 g/mol. The topological polar surface area (TPSA) is 43.8 Å². The molecule has 0 aromatic heterocycles. The molecule has 0 saturated carbocycles. The van der Waals surface area contributed by atoms with Crippen LogP contribution in [0.25, 0.3) is 0 Å². The van der Waals surface area contributed by atoms with Gasteiger partial charge in [-0.05, 0) is 31.9 Å². The van der Waals surface area contributed by atoms with Crippen LogP contribution < -0.4 is 4.90 Å². The Morgan fingerprint density at radius 1 is 1.37 bits per heavy atom. The van der Waals surface area contributed by atoms with Crippen LogP contribution in [0.2, 0.25) is 0 Å². The van der Waals surface area contributed by atoms with Crippen molar-refractivity contribution in [2.24, 2.45) is 0 Å². The van der Waals surface area contributed by atoms with Gasteiger partial charge in [-0.25, -0.2) is 0 Å². The normalized spacial score (nSPS) is 24.5. The Balaban J connectivity index is 2.38. The summed E-state index contributed by atoms with van der Waals surface area (Å²) in [4.78, 5) is 16.2. The van der Waals surface area contributed by atoms with Gasteiger partial charge in [-0.15, -0.1) is 0 Å². The predicted octanol–water partition coefficient (Wildman–Crippen LogP) is 1.41. The molecule has 2 rings (SSSR count). The van der Waals surface area contributed by atoms with E-state index in [1.165, 1.54) is 0 Å². The fourth-order valence-electron chi connectivity index (χ4n) is 2.61. The number of likely N-dealkylation sites (N-methyl/N-ethyl adjacent to an activating group) is 1. The molecule has 1 aliphatic rings. The number of aliphatic hydroxyl groups excluding tert-OH is 1. The highest BCUT2D eigenvalue weighted by Gasteiger charge is 2.33. The average Bonchev–Trinajstić information content (AvgIpc) is 2.51. The summed E-state index contributed by atoms with van der Waals surface area (Å²) in [5.74, 6) is -0.00393. The molecular formula is C15H22N2O2. The van der Waals surface area contributed by atoms with Gasteiger partial charge in [0.25, 0.3) is 0 Å². The highest BCUT2D eigenvalue weighted by atomic mass is 16.3. The van der Waals surface area contributed by atoms with E-state index in [0.717, 1.165) is 24.2 Å². The van der Waals surface area contributed by atoms with Crippen molar-refractivity contribution < 1.29 is 9.90 Å². The standard InChI is InChI=1S/C15H22N2O2/c1-11-6-4-5-7-13(11)17-9-8-12(2)16(3)15(19)14(17)10-18/h4-7,12,14,18H,8-10H2,1-3H3. The molecule has 1 saturated heterocycles. The summed E-state index contributed by atoms with van der Waals surface area (Å²) in [5, 5.41) is 9.62. The molecule has 2 unspecified atom stereocenters. The van der Waals surface area contributed by atoms with Crippen molar-refractivity contribution in [1.29, 1.82) is 0 Å². The number of anilines is 1. The van der Waals surface area contributed by atoms with Gasteiger partial charge in [0.2, 0.25) is 5.91 Å². The number of amides is 1. The third-order valence-electron chi connectivity index (χ3n) is 4.06. The predicted molar refractivity (Wildman–Crippen MR) is 76.2 cm³/mol. The van der Waals surface area contributed by atoms with E-state index in [-0.39, 0.29) is 18.6 Å². The summed E-state index contributed by atoms with van der Waals surface area (Å²) in [5.41, 5.74) is 2.17. The minimum atomic E-state index is -0.476. The molecule has 4 nitrogen and oxygen atoms in total. The molecular weight excluding hydrogens is 240 g/mol. The van der Waals surface area contributed by atoms with Crippen LogP contribution in [0.15, 0.2) is 24.3 Å². The first-order valence-corrected chi connectivity index (χ1v) is 6.76. The number of aryl methyl sites for hydroxylation is 1. The van der Waals surface area contributed by atoms with Crippen molar-refractivity contribution in [3.8, 4) is 0 Å². The molecule has 0 bridgehead atoms. The number of benzene rings is 1. The summed E-state index contributed by atoms with van der Waals surface area (Å²) >= 11 is 0. The number of aliphatic hydroxyl groups is 1. The van der Waals surface area contributed by atoms with Crippen molar-refractivity contribution in [1.82, 2.24) is 4.90 Å². The lowest BCUT2D eigenvalue weighted by Gasteiger charge is -2.31. The Labute approximate surface area is 114 Å². The van der Waals surface area contributed by atoms with Crippen molar-refractivity contribution in [3.63, 3.8) is 0 Å². The van der Waals surface area contributed by atoms with Gasteiger partial charge in [-0.2, -0.15) is 0 Å². The molecule has 1 fully saturated rings. The maximum Gasteiger partial charge on any atom is 0.247 e. The minimum absolute atomic E-state index is 0.00393. The number of para-hydroxylation sites is 1. The minimum Gasteiger partial charge on any atom is -0.394 e. The molecule has 1 amide bonds. The summed E-state index contributed by atoms with van der Waals surface area (Å²) in [6.07, 6.45) is 0.910. The van der Waals surface area contributed by atoms with Gasteiger partial charge >= 0.3 is 0 Å². The van der Waals surface area contributed by atoms with Crippen LogP contribution in [0.5, 0.6) is 0 Å². The summed E-state index contributed by atoms with van der Waals surface area (Å²) < 4.78 is 0. The number of carbonyl (C=O) groups is 1. The van der Waals surface area contributed by atoms with Crippen LogP contribution in [0.3, 0.4) is 0 Å². The van der Waals surface area contributed by atoms with Crippen LogP contribution in [-0.4, -0.2) is 48.2 Å². The van der Waals surface area contributed by atoms with Gasteiger partial charge in [0, 0.05) is 25.3 Å². The van der Waals surface area contributed by atoms with Crippen LogP contribution in [0.1, 0.15) is 18.9 Å². The maximum absolute atomic E-state index is 12.4. The zero-order valence-corrected chi connectivity index (χ0v) is 11.8. The molecule has 1 aliphatic heterocycles. The fraction of sp³-hybridized carbons (Fsp3) is 0.533. The zero-order chi connectivity index (χ0) is 14.0. The first-order valence-electron chi connectivity index (χ1n) is 6.76. The largest absolute Gasteiger partial charge is 0.394 e. The molecule has 1 heterocycles. The molecule has 19 heavy (non-hydrogen) atoms. The third kappa shape index (κ3) is 2.59. The van der Waals surface area contributed by atoms with Gasteiger partial charge in [0.1, 0.15) is 6.04 Å². The quantitative estimate of drug-likeness (QED) is 0.876. The lowest BCUT2D eigenvalue weighted by molar-refractivity contribution is -0.133. The van der Waals surface area contributed by atoms with E-state index in [1.54, 1.807) is 4.90 Å². The highest BCUT2D eigenvalue weighted by Crippen LogP contribution is 2.25. The zero-order valence-electron chi connectivity index (χ0n) is 11.8. The summed E-state index contributed by atoms with van der Waals surface area (Å²) in [6, 6.07) is 7.74. The Morgan fingerprint density at radius 2 is 2.05 bits per heavy atom. The van der Waals surface area contributed by atoms with Crippen molar-refractivity contribution in [2.75, 3.05) is 25.1 Å². The monoisotopic (exact) mass is 262 g/mol. The van der Waals surface area contributed by atoms with Crippen molar-refractivity contribution in [2.45, 2.75) is 32.4 Å². The molecule has 0 radical (unpaired) electrons. The van der Waals surface area contributed by atoms with Gasteiger partial charge in [-0.1, -0.05) is 18.2 Å². The van der Waals surface area contributed by atoms with E-state index in [1.807, 2.05) is 50.1 Å². The van der Waals surface area contributed by atoms with E-state index in [0.29, 0.717) is 0 Å². The van der Waals surface area contributed by atoms with Gasteiger partial charge in [0.05, 0.1) is 6.61 Å². The fourth-order valence-corrected chi connectivity index (χ4v) is 2.61. The van der Waals surface area contributed by atoms with E-state index in [9.17, 15) is 9.90 Å². The maximum atomic E-state index is 12.4. The van der Waals surface area contributed by atoms with Crippen LogP contribution in [0, 0.1) is 6.92 Å². The Bertz CT molecular complexity index is 461. The van der Waals surface area contributed by atoms with Crippen LogP contribution in [0.4, 0.5) is 5.69 Å². The van der Waals surface area contributed by atoms with Gasteiger partial charge in [-0.3, -0.25) is 4.79 Å². The highest BCUT2D eigenvalue weighted by molar-refractivity contribution is 5.86. The molecule has 1 aromatic rings. The van der Waals surface area contributed by atoms with Crippen molar-refractivity contribution in [3.05, 3.63) is 29.8 Å². The Morgan fingerprint density at radius 3 is 2.68 bits per heavy atom. The molecule has 4 heteroatoms. The molecule has 104 valence electrons. The number of carbonyl (C=O) groups excluding carboxylic acids is 1. The van der Waals surface area contributed by atoms with Crippen LogP contribution in [-0.2, 0) is 4.79 Å². The third-order valence-corrected chi connectivity index (χ3v) is 4.06. The number of hydrogen-bond donors (Lipinski definition) is 1. The number of rotatable bonds is 2. The lowest BCUT2D eigenvalue weighted by atomic mass is 10.1. The Hall–Kier alpha value is -1.55. The molecule has 0 aliphatic carbocycles. The van der Waals surface area contributed by atoms with E-state index < -0.39 is 6.04 Å². The first kappa shape index (κ1) is 13.9. The number of hydrogen-bond acceptors (Lipinski definition) is 3. The number of nitrogens with zero attached hydrogens (tertiary/aromatic N) is 2. The van der Waals surface area contributed by atoms with E-state index >= 15 is 0 Å². The van der Waals surface area contributed by atoms with Gasteiger partial charge in [0.15, 0.2) is 0 Å². The SMILES string of the molecule is Cc1ccccc1N1CCC(C)N(C)C(=O)C1CO. The van der Waals surface area contributed by atoms with Crippen LogP contribution >= 0.6 is 0 Å². The van der Waals surface area contributed by atoms with E-state index in [4.69, 9.17) is 0 Å². The van der Waals surface area contributed by atoms with Crippen molar-refractivity contribution >= 4 is 11.6 Å². The molecule has 1 N–H and O–H groups in total. The lowest BCUT2D eigenvalue weighted by Crippen LogP contribution is -2.48. The molecule has 0 spiro atoms.